The van der Waals surface area contributed by atoms with Gasteiger partial charge in [0, 0.05) is 4.70 Å². The van der Waals surface area contributed by atoms with Crippen LogP contribution >= 0.6 is 11.3 Å². The van der Waals surface area contributed by atoms with Gasteiger partial charge in [-0.25, -0.2) is 4.39 Å². The van der Waals surface area contributed by atoms with Crippen molar-refractivity contribution in [1.82, 2.24) is 4.90 Å². The number of nitriles is 1. The third kappa shape index (κ3) is 5.17. The molecular formula is C29H35FN2O2S. The maximum atomic E-state index is 13.6. The first-order valence-corrected chi connectivity index (χ1v) is 13.3. The maximum Gasteiger partial charge on any atom is 0.161 e. The summed E-state index contributed by atoms with van der Waals surface area (Å²) in [4.78, 5) is 2.53. The summed E-state index contributed by atoms with van der Waals surface area (Å²) in [6.07, 6.45) is 4.00. The van der Waals surface area contributed by atoms with E-state index < -0.39 is 5.41 Å². The van der Waals surface area contributed by atoms with Crippen LogP contribution in [0.25, 0.3) is 10.1 Å². The molecule has 4 rings (SSSR count). The van der Waals surface area contributed by atoms with Crippen molar-refractivity contribution >= 4 is 21.4 Å². The Morgan fingerprint density at radius 3 is 2.51 bits per heavy atom. The third-order valence-electron chi connectivity index (χ3n) is 7.72. The predicted octanol–water partition coefficient (Wildman–Crippen LogP) is 7.13. The number of halogens is 1. The van der Waals surface area contributed by atoms with Crippen LogP contribution < -0.4 is 9.47 Å². The molecule has 2 aromatic carbocycles. The van der Waals surface area contributed by atoms with Gasteiger partial charge in [0.25, 0.3) is 0 Å². The lowest BCUT2D eigenvalue weighted by Crippen LogP contribution is -2.36. The smallest absolute Gasteiger partial charge is 0.161 e. The molecule has 1 aromatic heterocycles. The number of piperidine rings is 1. The monoisotopic (exact) mass is 494 g/mol. The van der Waals surface area contributed by atoms with Gasteiger partial charge < -0.3 is 14.4 Å². The summed E-state index contributed by atoms with van der Waals surface area (Å²) < 4.78 is 25.5. The molecule has 0 N–H and O–H groups in total. The lowest BCUT2D eigenvalue weighted by molar-refractivity contribution is 0.201. The Balaban J connectivity index is 1.38. The van der Waals surface area contributed by atoms with Crippen molar-refractivity contribution in [3.63, 3.8) is 0 Å². The summed E-state index contributed by atoms with van der Waals surface area (Å²) in [6, 6.07) is 13.7. The number of methoxy groups -OCH3 is 2. The quantitative estimate of drug-likeness (QED) is 0.317. The average Bonchev–Trinajstić information content (AvgIpc) is 3.29. The fourth-order valence-corrected chi connectivity index (χ4v) is 6.58. The highest BCUT2D eigenvalue weighted by molar-refractivity contribution is 7.17. The van der Waals surface area contributed by atoms with Crippen LogP contribution in [0.2, 0.25) is 0 Å². The minimum absolute atomic E-state index is 0.163. The fraction of sp³-hybridized carbons (Fsp3) is 0.483. The van der Waals surface area contributed by atoms with Gasteiger partial charge in [0.2, 0.25) is 0 Å². The standard InChI is InChI=1S/C29H35FN2O2S/c1-20(2)29(19-31,22-6-9-26(33-3)27(16-22)34-4)12-5-13-32-14-10-21(11-15-32)25-18-35-28-17-23(30)7-8-24(25)28/h6-9,16-18,20-21H,5,10-15H2,1-4H3. The molecule has 0 amide bonds. The first-order valence-electron chi connectivity index (χ1n) is 12.4. The van der Waals surface area contributed by atoms with Gasteiger partial charge in [-0.2, -0.15) is 5.26 Å². The van der Waals surface area contributed by atoms with Gasteiger partial charge in [-0.05, 0) is 103 Å². The Morgan fingerprint density at radius 1 is 1.11 bits per heavy atom. The molecular weight excluding hydrogens is 459 g/mol. The second-order valence-corrected chi connectivity index (χ2v) is 10.8. The first kappa shape index (κ1) is 25.5. The summed E-state index contributed by atoms with van der Waals surface area (Å²) in [6.45, 7) is 7.36. The molecule has 0 radical (unpaired) electrons. The van der Waals surface area contributed by atoms with Gasteiger partial charge in [-0.15, -0.1) is 11.3 Å². The Kier molecular flexibility index (Phi) is 7.98. The number of fused-ring (bicyclic) bond motifs is 1. The van der Waals surface area contributed by atoms with E-state index in [1.807, 2.05) is 24.3 Å². The number of rotatable bonds is 9. The van der Waals surface area contributed by atoms with Gasteiger partial charge in [-0.1, -0.05) is 26.0 Å². The molecule has 35 heavy (non-hydrogen) atoms. The maximum absolute atomic E-state index is 13.6. The van der Waals surface area contributed by atoms with Crippen LogP contribution in [0.5, 0.6) is 11.5 Å². The molecule has 1 saturated heterocycles. The normalized spacial score (nSPS) is 16.8. The van der Waals surface area contributed by atoms with E-state index in [9.17, 15) is 9.65 Å². The molecule has 1 aliphatic heterocycles. The number of hydrogen-bond acceptors (Lipinski definition) is 5. The van der Waals surface area contributed by atoms with Crippen LogP contribution in [0.15, 0.2) is 41.8 Å². The topological polar surface area (TPSA) is 45.5 Å². The Morgan fingerprint density at radius 2 is 1.86 bits per heavy atom. The number of benzene rings is 2. The highest BCUT2D eigenvalue weighted by Crippen LogP contribution is 2.41. The van der Waals surface area contributed by atoms with Gasteiger partial charge in [0.15, 0.2) is 11.5 Å². The highest BCUT2D eigenvalue weighted by atomic mass is 32.1. The Labute approximate surface area is 212 Å². The van der Waals surface area contributed by atoms with Crippen molar-refractivity contribution in [1.29, 1.82) is 5.26 Å². The third-order valence-corrected chi connectivity index (χ3v) is 8.69. The summed E-state index contributed by atoms with van der Waals surface area (Å²) in [5, 5.41) is 13.7. The largest absolute Gasteiger partial charge is 0.493 e. The van der Waals surface area contributed by atoms with Crippen molar-refractivity contribution in [2.45, 2.75) is 50.9 Å². The van der Waals surface area contributed by atoms with E-state index in [4.69, 9.17) is 9.47 Å². The molecule has 1 atom stereocenters. The SMILES string of the molecule is COc1ccc(C(C#N)(CCCN2CCC(c3csc4cc(F)ccc34)CC2)C(C)C)cc1OC. The number of likely N-dealkylation sites (tertiary alicyclic amines) is 1. The second kappa shape index (κ2) is 11.0. The van der Waals surface area contributed by atoms with E-state index in [0.29, 0.717) is 17.4 Å². The summed E-state index contributed by atoms with van der Waals surface area (Å²) in [5.74, 6) is 1.89. The molecule has 4 nitrogen and oxygen atoms in total. The van der Waals surface area contributed by atoms with Crippen LogP contribution in [0.4, 0.5) is 4.39 Å². The number of thiophene rings is 1. The Bertz CT molecular complexity index is 1190. The Hall–Kier alpha value is -2.62. The zero-order valence-electron chi connectivity index (χ0n) is 21.1. The molecule has 3 aromatic rings. The van der Waals surface area contributed by atoms with Crippen LogP contribution in [-0.4, -0.2) is 38.8 Å². The molecule has 0 saturated carbocycles. The molecule has 1 unspecified atom stereocenters. The number of hydrogen-bond donors (Lipinski definition) is 0. The molecule has 6 heteroatoms. The van der Waals surface area contributed by atoms with Crippen molar-refractivity contribution in [2.75, 3.05) is 33.9 Å². The van der Waals surface area contributed by atoms with E-state index in [2.05, 4.69) is 30.2 Å². The summed E-state index contributed by atoms with van der Waals surface area (Å²) in [5.41, 5.74) is 1.80. The molecule has 2 heterocycles. The second-order valence-electron chi connectivity index (χ2n) is 9.86. The number of ether oxygens (including phenoxy) is 2. The lowest BCUT2D eigenvalue weighted by Gasteiger charge is -2.35. The molecule has 1 fully saturated rings. The minimum Gasteiger partial charge on any atom is -0.493 e. The number of nitrogens with zero attached hydrogens (tertiary/aromatic N) is 2. The van der Waals surface area contributed by atoms with Gasteiger partial charge >= 0.3 is 0 Å². The fourth-order valence-electron chi connectivity index (χ4n) is 5.52. The van der Waals surface area contributed by atoms with Crippen LogP contribution in [0.1, 0.15) is 56.6 Å². The van der Waals surface area contributed by atoms with E-state index in [0.717, 1.165) is 55.6 Å². The van der Waals surface area contributed by atoms with Crippen LogP contribution in [0, 0.1) is 23.1 Å². The van der Waals surface area contributed by atoms with Gasteiger partial charge in [0.1, 0.15) is 5.82 Å². The van der Waals surface area contributed by atoms with Crippen molar-refractivity contribution in [3.05, 3.63) is 58.7 Å². The van der Waals surface area contributed by atoms with Gasteiger partial charge in [0.05, 0.1) is 25.7 Å². The minimum atomic E-state index is -0.567. The molecule has 186 valence electrons. The zero-order chi connectivity index (χ0) is 25.0. The lowest BCUT2D eigenvalue weighted by atomic mass is 9.69. The van der Waals surface area contributed by atoms with Crippen LogP contribution in [-0.2, 0) is 5.41 Å². The molecule has 0 bridgehead atoms. The van der Waals surface area contributed by atoms with Crippen molar-refractivity contribution < 1.29 is 13.9 Å². The molecule has 1 aliphatic rings. The first-order chi connectivity index (χ1) is 16.9. The zero-order valence-corrected chi connectivity index (χ0v) is 22.0. The molecule has 0 spiro atoms. The van der Waals surface area contributed by atoms with E-state index in [-0.39, 0.29) is 11.7 Å². The summed E-state index contributed by atoms with van der Waals surface area (Å²) in [7, 11) is 3.26. The average molecular weight is 495 g/mol. The van der Waals surface area contributed by atoms with E-state index in [1.165, 1.54) is 10.9 Å². The van der Waals surface area contributed by atoms with E-state index in [1.54, 1.807) is 37.7 Å². The van der Waals surface area contributed by atoms with Crippen LogP contribution in [0.3, 0.4) is 0 Å². The predicted molar refractivity (Wildman–Crippen MR) is 141 cm³/mol. The molecule has 0 aliphatic carbocycles. The van der Waals surface area contributed by atoms with Crippen molar-refractivity contribution in [2.24, 2.45) is 5.92 Å². The summed E-state index contributed by atoms with van der Waals surface area (Å²) >= 11 is 1.65. The van der Waals surface area contributed by atoms with E-state index >= 15 is 0 Å². The van der Waals surface area contributed by atoms with Gasteiger partial charge in [-0.3, -0.25) is 0 Å². The van der Waals surface area contributed by atoms with Crippen molar-refractivity contribution in [3.8, 4) is 17.6 Å². The highest BCUT2D eigenvalue weighted by Gasteiger charge is 2.36.